The van der Waals surface area contributed by atoms with Crippen LogP contribution in [0.5, 0.6) is 0 Å². The van der Waals surface area contributed by atoms with Crippen molar-refractivity contribution >= 4 is 5.97 Å². The molecule has 1 heterocycles. The smallest absolute Gasteiger partial charge is 0.330 e. The van der Waals surface area contributed by atoms with Gasteiger partial charge < -0.3 is 19.7 Å². The number of hydrogen-bond donors (Lipinski definition) is 2. The molecule has 0 aromatic heterocycles. The Hall–Kier alpha value is -1.33. The highest BCUT2D eigenvalue weighted by molar-refractivity contribution is 5.82. The van der Waals surface area contributed by atoms with E-state index in [2.05, 4.69) is 11.7 Å². The number of allylic oxidation sites excluding steroid dienone is 2. The number of unbranched alkanes of at least 4 members (excludes halogenated alkanes) is 8. The molecule has 1 unspecified atom stereocenters. The lowest BCUT2D eigenvalue weighted by atomic mass is 10.0. The zero-order chi connectivity index (χ0) is 19.2. The van der Waals surface area contributed by atoms with Gasteiger partial charge in [-0.15, -0.1) is 0 Å². The number of aliphatic hydroxyl groups is 2. The van der Waals surface area contributed by atoms with Crippen molar-refractivity contribution in [3.8, 4) is 0 Å². The highest BCUT2D eigenvalue weighted by atomic mass is 16.5. The first-order valence-corrected chi connectivity index (χ1v) is 10.1. The van der Waals surface area contributed by atoms with E-state index in [9.17, 15) is 15.0 Å². The SMILES string of the molecule is CCCCCCCCCCCC(O)[C@H]1C[C@@H](O)C(=CC=CC(=O)OC)O1. The Kier molecular flexibility index (Phi) is 12.1. The number of carbonyl (C=O) groups excluding carboxylic acids is 1. The molecule has 150 valence electrons. The Morgan fingerprint density at radius 1 is 1.19 bits per heavy atom. The summed E-state index contributed by atoms with van der Waals surface area (Å²) in [6.07, 6.45) is 14.9. The van der Waals surface area contributed by atoms with Crippen LogP contribution >= 0.6 is 0 Å². The van der Waals surface area contributed by atoms with Crippen molar-refractivity contribution in [2.24, 2.45) is 0 Å². The fraction of sp³-hybridized carbons (Fsp3) is 0.762. The first-order valence-electron chi connectivity index (χ1n) is 10.1. The van der Waals surface area contributed by atoms with Crippen molar-refractivity contribution in [2.75, 3.05) is 7.11 Å². The molecule has 0 aromatic carbocycles. The maximum absolute atomic E-state index is 11.0. The van der Waals surface area contributed by atoms with E-state index in [-0.39, 0.29) is 6.10 Å². The molecule has 0 spiro atoms. The second-order valence-electron chi connectivity index (χ2n) is 7.04. The van der Waals surface area contributed by atoms with Crippen LogP contribution in [0, 0.1) is 0 Å². The van der Waals surface area contributed by atoms with E-state index in [1.807, 2.05) is 0 Å². The molecule has 3 atom stereocenters. The molecule has 1 fully saturated rings. The van der Waals surface area contributed by atoms with Crippen LogP contribution in [0.15, 0.2) is 24.0 Å². The average molecular weight is 369 g/mol. The van der Waals surface area contributed by atoms with Crippen LogP contribution in [0.3, 0.4) is 0 Å². The number of ether oxygens (including phenoxy) is 2. The monoisotopic (exact) mass is 368 g/mol. The zero-order valence-electron chi connectivity index (χ0n) is 16.4. The van der Waals surface area contributed by atoms with Crippen molar-refractivity contribution in [3.63, 3.8) is 0 Å². The minimum Gasteiger partial charge on any atom is -0.489 e. The van der Waals surface area contributed by atoms with Crippen LogP contribution in [0.4, 0.5) is 0 Å². The Morgan fingerprint density at radius 3 is 2.42 bits per heavy atom. The van der Waals surface area contributed by atoms with Crippen molar-refractivity contribution < 1.29 is 24.5 Å². The lowest BCUT2D eigenvalue weighted by Gasteiger charge is -2.17. The molecule has 0 amide bonds. The minimum atomic E-state index is -0.736. The second-order valence-corrected chi connectivity index (χ2v) is 7.04. The Labute approximate surface area is 158 Å². The van der Waals surface area contributed by atoms with Crippen molar-refractivity contribution in [2.45, 2.75) is 95.9 Å². The molecule has 1 aliphatic rings. The molecular weight excluding hydrogens is 332 g/mol. The third kappa shape index (κ3) is 9.39. The van der Waals surface area contributed by atoms with Crippen LogP contribution in [-0.4, -0.2) is 41.6 Å². The van der Waals surface area contributed by atoms with Gasteiger partial charge in [-0.25, -0.2) is 4.79 Å². The summed E-state index contributed by atoms with van der Waals surface area (Å²) in [5.74, 6) is -0.0717. The predicted octanol–water partition coefficient (Wildman–Crippen LogP) is 4.03. The van der Waals surface area contributed by atoms with Gasteiger partial charge in [0.05, 0.1) is 13.2 Å². The van der Waals surface area contributed by atoms with Crippen LogP contribution in [0.1, 0.15) is 77.6 Å². The quantitative estimate of drug-likeness (QED) is 0.292. The third-order valence-electron chi connectivity index (χ3n) is 4.80. The normalized spacial score (nSPS) is 22.7. The molecule has 2 N–H and O–H groups in total. The number of rotatable bonds is 13. The summed E-state index contributed by atoms with van der Waals surface area (Å²) in [6, 6.07) is 0. The van der Waals surface area contributed by atoms with Gasteiger partial charge in [0.1, 0.15) is 18.0 Å². The van der Waals surface area contributed by atoms with Crippen LogP contribution in [-0.2, 0) is 14.3 Å². The molecule has 5 nitrogen and oxygen atoms in total. The summed E-state index contributed by atoms with van der Waals surface area (Å²) in [4.78, 5) is 11.0. The van der Waals surface area contributed by atoms with Crippen LogP contribution < -0.4 is 0 Å². The van der Waals surface area contributed by atoms with Crippen LogP contribution in [0.25, 0.3) is 0 Å². The summed E-state index contributed by atoms with van der Waals surface area (Å²) in [5, 5.41) is 20.3. The van der Waals surface area contributed by atoms with Gasteiger partial charge in [-0.3, -0.25) is 0 Å². The van der Waals surface area contributed by atoms with E-state index in [1.54, 1.807) is 6.08 Å². The number of esters is 1. The minimum absolute atomic E-state index is 0.378. The van der Waals surface area contributed by atoms with Gasteiger partial charge in [0.2, 0.25) is 0 Å². The molecule has 0 saturated carbocycles. The van der Waals surface area contributed by atoms with Gasteiger partial charge >= 0.3 is 5.97 Å². The summed E-state index contributed by atoms with van der Waals surface area (Å²) in [6.45, 7) is 2.23. The van der Waals surface area contributed by atoms with E-state index >= 15 is 0 Å². The molecule has 26 heavy (non-hydrogen) atoms. The molecule has 1 aliphatic heterocycles. The molecule has 0 aliphatic carbocycles. The van der Waals surface area contributed by atoms with Crippen molar-refractivity contribution in [3.05, 3.63) is 24.0 Å². The van der Waals surface area contributed by atoms with Gasteiger partial charge in [0.15, 0.2) is 0 Å². The van der Waals surface area contributed by atoms with E-state index in [0.29, 0.717) is 18.6 Å². The molecular formula is C21H36O5. The third-order valence-corrected chi connectivity index (χ3v) is 4.80. The summed E-state index contributed by atoms with van der Waals surface area (Å²) < 4.78 is 10.1. The molecule has 1 rings (SSSR count). The van der Waals surface area contributed by atoms with Crippen LogP contribution in [0.2, 0.25) is 0 Å². The molecule has 0 bridgehead atoms. The number of aliphatic hydroxyl groups excluding tert-OH is 2. The largest absolute Gasteiger partial charge is 0.489 e. The number of carbonyl (C=O) groups is 1. The maximum Gasteiger partial charge on any atom is 0.330 e. The maximum atomic E-state index is 11.0. The highest BCUT2D eigenvalue weighted by Crippen LogP contribution is 2.28. The number of methoxy groups -OCH3 is 1. The van der Waals surface area contributed by atoms with Gasteiger partial charge in [-0.2, -0.15) is 0 Å². The summed E-state index contributed by atoms with van der Waals surface area (Å²) in [7, 11) is 1.31. The molecule has 0 radical (unpaired) electrons. The van der Waals surface area contributed by atoms with Gasteiger partial charge in [0, 0.05) is 12.5 Å². The molecule has 0 aromatic rings. The topological polar surface area (TPSA) is 76.0 Å². The Morgan fingerprint density at radius 2 is 1.81 bits per heavy atom. The van der Waals surface area contributed by atoms with Gasteiger partial charge in [0.25, 0.3) is 0 Å². The lowest BCUT2D eigenvalue weighted by molar-refractivity contribution is -0.134. The summed E-state index contributed by atoms with van der Waals surface area (Å²) in [5.41, 5.74) is 0. The number of hydrogen-bond acceptors (Lipinski definition) is 5. The molecule has 1 saturated heterocycles. The first-order chi connectivity index (χ1) is 12.6. The standard InChI is InChI=1S/C21H36O5/c1-3-4-5-6-7-8-9-10-11-13-17(22)20-16-18(23)19(26-20)14-12-15-21(24)25-2/h12,14-15,17-18,20,22-23H,3-11,13,16H2,1-2H3/t17?,18-,20-/m1/s1. The van der Waals surface area contributed by atoms with E-state index in [4.69, 9.17) is 4.74 Å². The average Bonchev–Trinajstić information content (AvgIpc) is 3.01. The summed E-state index contributed by atoms with van der Waals surface area (Å²) >= 11 is 0. The fourth-order valence-electron chi connectivity index (χ4n) is 3.16. The van der Waals surface area contributed by atoms with E-state index in [0.717, 1.165) is 12.8 Å². The Balaban J connectivity index is 2.17. The highest BCUT2D eigenvalue weighted by Gasteiger charge is 2.33. The first kappa shape index (κ1) is 22.7. The fourth-order valence-corrected chi connectivity index (χ4v) is 3.16. The van der Waals surface area contributed by atoms with Gasteiger partial charge in [-0.1, -0.05) is 70.8 Å². The molecule has 5 heteroatoms. The van der Waals surface area contributed by atoms with Gasteiger partial charge in [-0.05, 0) is 12.5 Å². The van der Waals surface area contributed by atoms with E-state index in [1.165, 1.54) is 64.2 Å². The zero-order valence-corrected chi connectivity index (χ0v) is 16.4. The van der Waals surface area contributed by atoms with Crippen molar-refractivity contribution in [1.29, 1.82) is 0 Å². The Bertz CT molecular complexity index is 444. The van der Waals surface area contributed by atoms with E-state index < -0.39 is 18.2 Å². The van der Waals surface area contributed by atoms with Crippen molar-refractivity contribution in [1.82, 2.24) is 0 Å². The predicted molar refractivity (Wildman–Crippen MR) is 103 cm³/mol. The lowest BCUT2D eigenvalue weighted by Crippen LogP contribution is -2.25. The second kappa shape index (κ2) is 13.8.